The molecule has 0 amide bonds. The lowest BCUT2D eigenvalue weighted by Crippen LogP contribution is -2.49. The molecule has 1 N–H and O–H groups in total. The van der Waals surface area contributed by atoms with Crippen LogP contribution < -0.4 is 0 Å². The average molecular weight is 301 g/mol. The van der Waals surface area contributed by atoms with Crippen molar-refractivity contribution >= 4 is 10.0 Å². The van der Waals surface area contributed by atoms with Crippen molar-refractivity contribution in [3.05, 3.63) is 35.6 Å². The first-order valence-electron chi connectivity index (χ1n) is 6.82. The van der Waals surface area contributed by atoms with Crippen molar-refractivity contribution in [1.82, 2.24) is 4.31 Å². The first-order chi connectivity index (χ1) is 9.40. The highest BCUT2D eigenvalue weighted by Gasteiger charge is 2.34. The normalized spacial score (nSPS) is 22.6. The lowest BCUT2D eigenvalue weighted by molar-refractivity contribution is 0.0830. The monoisotopic (exact) mass is 301 g/mol. The molecular weight excluding hydrogens is 281 g/mol. The molecule has 20 heavy (non-hydrogen) atoms. The van der Waals surface area contributed by atoms with Crippen LogP contribution in [0.15, 0.2) is 24.3 Å². The number of piperidine rings is 1. The fourth-order valence-electron chi connectivity index (χ4n) is 2.68. The third kappa shape index (κ3) is 3.56. The van der Waals surface area contributed by atoms with Crippen molar-refractivity contribution in [3.8, 4) is 0 Å². The van der Waals surface area contributed by atoms with Crippen molar-refractivity contribution in [2.24, 2.45) is 0 Å². The number of benzene rings is 1. The Kier molecular flexibility index (Phi) is 4.78. The highest BCUT2D eigenvalue weighted by molar-refractivity contribution is 7.88. The molecular formula is C14H20FNO3S. The van der Waals surface area contributed by atoms with Crippen LogP contribution in [0.25, 0.3) is 0 Å². The van der Waals surface area contributed by atoms with Gasteiger partial charge in [-0.05, 0) is 37.5 Å². The molecule has 1 aliphatic heterocycles. The van der Waals surface area contributed by atoms with Gasteiger partial charge in [0.1, 0.15) is 5.82 Å². The zero-order valence-corrected chi connectivity index (χ0v) is 12.3. The van der Waals surface area contributed by atoms with Gasteiger partial charge >= 0.3 is 0 Å². The Hall–Kier alpha value is -0.980. The minimum absolute atomic E-state index is 0.228. The maximum Gasteiger partial charge on any atom is 0.218 e. The molecule has 0 aliphatic carbocycles. The number of aliphatic hydroxyl groups is 1. The minimum Gasteiger partial charge on any atom is -0.392 e. The van der Waals surface area contributed by atoms with E-state index in [9.17, 15) is 17.9 Å². The average Bonchev–Trinajstić information content (AvgIpc) is 2.38. The van der Waals surface area contributed by atoms with Crippen LogP contribution in [-0.4, -0.2) is 36.5 Å². The lowest BCUT2D eigenvalue weighted by Gasteiger charge is -2.36. The Morgan fingerprint density at radius 1 is 1.45 bits per heavy atom. The molecule has 0 saturated carbocycles. The Balaban J connectivity index is 2.20. The summed E-state index contributed by atoms with van der Waals surface area (Å²) < 4.78 is 39.5. The van der Waals surface area contributed by atoms with E-state index < -0.39 is 21.9 Å². The van der Waals surface area contributed by atoms with Gasteiger partial charge in [-0.2, -0.15) is 4.31 Å². The topological polar surface area (TPSA) is 57.6 Å². The van der Waals surface area contributed by atoms with E-state index >= 15 is 0 Å². The quantitative estimate of drug-likeness (QED) is 0.924. The first kappa shape index (κ1) is 15.4. The predicted octanol–water partition coefficient (Wildman–Crippen LogP) is 1.89. The van der Waals surface area contributed by atoms with Crippen molar-refractivity contribution in [2.45, 2.75) is 44.1 Å². The molecule has 1 saturated heterocycles. The van der Waals surface area contributed by atoms with Gasteiger partial charge in [-0.15, -0.1) is 0 Å². The summed E-state index contributed by atoms with van der Waals surface area (Å²) in [5.41, 5.74) is 0.430. The fraction of sp³-hybridized carbons (Fsp3) is 0.571. The molecule has 0 radical (unpaired) electrons. The molecule has 2 atom stereocenters. The standard InChI is InChI=1S/C14H20FNO3S/c1-11(17)14-7-2-3-8-16(14)20(18,19)10-12-5-4-6-13(15)9-12/h4-6,9,11,14,17H,2-3,7-8,10H2,1H3. The smallest absolute Gasteiger partial charge is 0.218 e. The van der Waals surface area contributed by atoms with Crippen LogP contribution in [0, 0.1) is 5.82 Å². The Bertz CT molecular complexity index is 559. The molecule has 1 aromatic rings. The molecule has 1 aromatic carbocycles. The van der Waals surface area contributed by atoms with E-state index in [1.807, 2.05) is 0 Å². The van der Waals surface area contributed by atoms with Gasteiger partial charge in [-0.25, -0.2) is 12.8 Å². The molecule has 112 valence electrons. The van der Waals surface area contributed by atoms with Crippen molar-refractivity contribution < 1.29 is 17.9 Å². The van der Waals surface area contributed by atoms with Crippen LogP contribution >= 0.6 is 0 Å². The van der Waals surface area contributed by atoms with Gasteiger partial charge in [0.15, 0.2) is 0 Å². The van der Waals surface area contributed by atoms with Gasteiger partial charge in [0.05, 0.1) is 17.9 Å². The molecule has 0 spiro atoms. The summed E-state index contributed by atoms with van der Waals surface area (Å²) >= 11 is 0. The number of nitrogens with zero attached hydrogens (tertiary/aromatic N) is 1. The SMILES string of the molecule is CC(O)C1CCCCN1S(=O)(=O)Cc1cccc(F)c1. The largest absolute Gasteiger partial charge is 0.392 e. The fourth-order valence-corrected chi connectivity index (χ4v) is 4.55. The summed E-state index contributed by atoms with van der Waals surface area (Å²) in [4.78, 5) is 0. The molecule has 4 nitrogen and oxygen atoms in total. The van der Waals surface area contributed by atoms with Crippen molar-refractivity contribution in [2.75, 3.05) is 6.54 Å². The van der Waals surface area contributed by atoms with E-state index in [0.717, 1.165) is 12.8 Å². The van der Waals surface area contributed by atoms with E-state index in [2.05, 4.69) is 0 Å². The molecule has 1 aliphatic rings. The molecule has 0 aromatic heterocycles. The third-order valence-electron chi connectivity index (χ3n) is 3.65. The molecule has 2 unspecified atom stereocenters. The maximum absolute atomic E-state index is 13.1. The summed E-state index contributed by atoms with van der Waals surface area (Å²) in [6, 6.07) is 5.25. The maximum atomic E-state index is 13.1. The highest BCUT2D eigenvalue weighted by Crippen LogP contribution is 2.25. The summed E-state index contributed by atoms with van der Waals surface area (Å²) in [5.74, 6) is -0.669. The van der Waals surface area contributed by atoms with E-state index in [0.29, 0.717) is 18.5 Å². The second-order valence-corrected chi connectivity index (χ2v) is 7.22. The molecule has 1 heterocycles. The molecule has 0 bridgehead atoms. The summed E-state index contributed by atoms with van der Waals surface area (Å²) in [6.07, 6.45) is 1.69. The highest BCUT2D eigenvalue weighted by atomic mass is 32.2. The van der Waals surface area contributed by atoms with Gasteiger partial charge in [-0.1, -0.05) is 18.6 Å². The van der Waals surface area contributed by atoms with E-state index in [1.54, 1.807) is 13.0 Å². The summed E-state index contributed by atoms with van der Waals surface area (Å²) in [5, 5.41) is 9.75. The second-order valence-electron chi connectivity index (χ2n) is 5.30. The predicted molar refractivity (Wildman–Crippen MR) is 75.0 cm³/mol. The second kappa shape index (κ2) is 6.20. The van der Waals surface area contributed by atoms with Crippen LogP contribution in [0.4, 0.5) is 4.39 Å². The number of aliphatic hydroxyl groups excluding tert-OH is 1. The van der Waals surface area contributed by atoms with Gasteiger partial charge < -0.3 is 5.11 Å². The van der Waals surface area contributed by atoms with E-state index in [1.165, 1.54) is 22.5 Å². The minimum atomic E-state index is -3.54. The molecule has 6 heteroatoms. The zero-order valence-electron chi connectivity index (χ0n) is 11.5. The van der Waals surface area contributed by atoms with E-state index in [4.69, 9.17) is 0 Å². The van der Waals surface area contributed by atoms with Crippen LogP contribution in [0.1, 0.15) is 31.7 Å². The Morgan fingerprint density at radius 2 is 2.20 bits per heavy atom. The number of sulfonamides is 1. The number of hydrogen-bond donors (Lipinski definition) is 1. The van der Waals surface area contributed by atoms with Crippen LogP contribution in [0.2, 0.25) is 0 Å². The van der Waals surface area contributed by atoms with Crippen molar-refractivity contribution in [1.29, 1.82) is 0 Å². The van der Waals surface area contributed by atoms with Gasteiger partial charge in [0.2, 0.25) is 10.0 Å². The van der Waals surface area contributed by atoms with Gasteiger partial charge in [-0.3, -0.25) is 0 Å². The third-order valence-corrected chi connectivity index (χ3v) is 5.52. The summed E-state index contributed by atoms with van der Waals surface area (Å²) in [6.45, 7) is 2.04. The zero-order chi connectivity index (χ0) is 14.8. The Labute approximate surface area is 119 Å². The number of rotatable bonds is 4. The Morgan fingerprint density at radius 3 is 2.85 bits per heavy atom. The summed E-state index contributed by atoms with van der Waals surface area (Å²) in [7, 11) is -3.54. The van der Waals surface area contributed by atoms with Crippen LogP contribution in [0.5, 0.6) is 0 Å². The van der Waals surface area contributed by atoms with E-state index in [-0.39, 0.29) is 11.8 Å². The number of halogens is 1. The lowest BCUT2D eigenvalue weighted by atomic mass is 10.0. The van der Waals surface area contributed by atoms with Crippen LogP contribution in [-0.2, 0) is 15.8 Å². The van der Waals surface area contributed by atoms with Crippen molar-refractivity contribution in [3.63, 3.8) is 0 Å². The molecule has 1 fully saturated rings. The molecule has 2 rings (SSSR count). The van der Waals surface area contributed by atoms with Gasteiger partial charge in [0.25, 0.3) is 0 Å². The van der Waals surface area contributed by atoms with Crippen LogP contribution in [0.3, 0.4) is 0 Å². The number of hydrogen-bond acceptors (Lipinski definition) is 3. The first-order valence-corrected chi connectivity index (χ1v) is 8.43. The van der Waals surface area contributed by atoms with Gasteiger partial charge in [0, 0.05) is 6.54 Å².